The van der Waals surface area contributed by atoms with Gasteiger partial charge in [0.2, 0.25) is 0 Å². The smallest absolute Gasteiger partial charge is 0.268 e. The molecule has 1 aliphatic heterocycles. The minimum absolute atomic E-state index is 0.00499. The van der Waals surface area contributed by atoms with Gasteiger partial charge in [-0.3, -0.25) is 4.79 Å². The molecule has 1 amide bonds. The maximum atomic E-state index is 12.8. The highest BCUT2D eigenvalue weighted by Crippen LogP contribution is 2.29. The van der Waals surface area contributed by atoms with Crippen LogP contribution >= 0.6 is 11.3 Å². The van der Waals surface area contributed by atoms with Gasteiger partial charge in [-0.25, -0.2) is 0 Å². The average Bonchev–Trinajstić information content (AvgIpc) is 3.35. The summed E-state index contributed by atoms with van der Waals surface area (Å²) in [6, 6.07) is 14.6. The third kappa shape index (κ3) is 3.69. The van der Waals surface area contributed by atoms with E-state index in [-0.39, 0.29) is 12.0 Å². The number of thiophene rings is 1. The number of hydrogen-bond acceptors (Lipinski definition) is 3. The minimum atomic E-state index is -0.00499. The summed E-state index contributed by atoms with van der Waals surface area (Å²) in [6.07, 6.45) is 3.19. The number of rotatable bonds is 6. The molecule has 0 unspecified atom stereocenters. The summed E-state index contributed by atoms with van der Waals surface area (Å²) in [5, 5.41) is 3.06. The Morgan fingerprint density at radius 3 is 2.92 bits per heavy atom. The molecule has 3 heterocycles. The van der Waals surface area contributed by atoms with Gasteiger partial charge in [-0.1, -0.05) is 30.3 Å². The van der Waals surface area contributed by atoms with Gasteiger partial charge < -0.3 is 14.6 Å². The summed E-state index contributed by atoms with van der Waals surface area (Å²) in [4.78, 5) is 14.1. The van der Waals surface area contributed by atoms with Gasteiger partial charge in [0.1, 0.15) is 5.69 Å². The number of benzene rings is 1. The first-order valence-electron chi connectivity index (χ1n) is 9.24. The molecule has 1 aliphatic rings. The van der Waals surface area contributed by atoms with Crippen LogP contribution in [0, 0.1) is 6.92 Å². The van der Waals surface area contributed by atoms with E-state index in [2.05, 4.69) is 47.1 Å². The summed E-state index contributed by atoms with van der Waals surface area (Å²) in [7, 11) is 0. The second-order valence-corrected chi connectivity index (χ2v) is 8.16. The minimum Gasteiger partial charge on any atom is -0.376 e. The molecule has 1 fully saturated rings. The number of hydrogen-bond donors (Lipinski definition) is 1. The van der Waals surface area contributed by atoms with Crippen LogP contribution in [-0.4, -0.2) is 29.7 Å². The van der Waals surface area contributed by atoms with Crippen molar-refractivity contribution in [1.82, 2.24) is 9.88 Å². The molecule has 1 aromatic carbocycles. The van der Waals surface area contributed by atoms with Crippen LogP contribution in [0.4, 0.5) is 0 Å². The average molecular weight is 369 g/mol. The third-order valence-corrected chi connectivity index (χ3v) is 5.91. The van der Waals surface area contributed by atoms with Crippen LogP contribution in [0.2, 0.25) is 0 Å². The molecule has 0 saturated carbocycles. The molecule has 0 spiro atoms. The van der Waals surface area contributed by atoms with Crippen LogP contribution in [0.3, 0.4) is 0 Å². The van der Waals surface area contributed by atoms with E-state index < -0.39 is 0 Å². The Kier molecular flexibility index (Phi) is 5.09. The van der Waals surface area contributed by atoms with Crippen molar-refractivity contribution < 1.29 is 9.53 Å². The van der Waals surface area contributed by atoms with Gasteiger partial charge in [-0.05, 0) is 43.9 Å². The van der Waals surface area contributed by atoms with Crippen molar-refractivity contribution >= 4 is 27.5 Å². The van der Waals surface area contributed by atoms with Gasteiger partial charge in [0.05, 0.1) is 16.3 Å². The maximum Gasteiger partial charge on any atom is 0.268 e. The first-order valence-corrected chi connectivity index (χ1v) is 10.1. The van der Waals surface area contributed by atoms with Crippen LogP contribution in [0.5, 0.6) is 0 Å². The predicted octanol–water partition coefficient (Wildman–Crippen LogP) is 4.16. The van der Waals surface area contributed by atoms with Crippen molar-refractivity contribution in [1.29, 1.82) is 0 Å². The Labute approximate surface area is 157 Å². The molecular weight excluding hydrogens is 344 g/mol. The topological polar surface area (TPSA) is 43.3 Å². The van der Waals surface area contributed by atoms with Crippen LogP contribution in [-0.2, 0) is 17.7 Å². The number of amides is 1. The standard InChI is InChI=1S/C21H24N2O2S/c1-15-12-18-20(26-15)13-19(21(24)22-14-17-8-5-11-25-17)23(18)10-9-16-6-3-2-4-7-16/h2-4,6-7,12-13,17H,5,8-11,14H2,1H3,(H,22,24)/t17-/m0/s1. The highest BCUT2D eigenvalue weighted by atomic mass is 32.1. The SMILES string of the molecule is Cc1cc2c(cc(C(=O)NC[C@@H]3CCCO3)n2CCc2ccccc2)s1. The Morgan fingerprint density at radius 1 is 1.31 bits per heavy atom. The number of carbonyl (C=O) groups excluding carboxylic acids is 1. The monoisotopic (exact) mass is 368 g/mol. The fourth-order valence-corrected chi connectivity index (χ4v) is 4.54. The Bertz CT molecular complexity index is 892. The van der Waals surface area contributed by atoms with Gasteiger partial charge >= 0.3 is 0 Å². The first kappa shape index (κ1) is 17.3. The zero-order valence-electron chi connectivity index (χ0n) is 15.0. The quantitative estimate of drug-likeness (QED) is 0.710. The van der Waals surface area contributed by atoms with E-state index in [0.717, 1.165) is 43.6 Å². The Balaban J connectivity index is 1.54. The zero-order valence-corrected chi connectivity index (χ0v) is 15.8. The molecule has 0 radical (unpaired) electrons. The number of aromatic nitrogens is 1. The molecule has 4 rings (SSSR count). The second kappa shape index (κ2) is 7.64. The van der Waals surface area contributed by atoms with Crippen molar-refractivity contribution in [3.05, 3.63) is 58.6 Å². The highest BCUT2D eigenvalue weighted by Gasteiger charge is 2.20. The maximum absolute atomic E-state index is 12.8. The fraction of sp³-hybridized carbons (Fsp3) is 0.381. The van der Waals surface area contributed by atoms with E-state index in [4.69, 9.17) is 4.74 Å². The molecule has 3 aromatic rings. The van der Waals surface area contributed by atoms with Crippen molar-refractivity contribution in [2.75, 3.05) is 13.2 Å². The number of nitrogens with zero attached hydrogens (tertiary/aromatic N) is 1. The van der Waals surface area contributed by atoms with Gasteiger partial charge in [-0.2, -0.15) is 0 Å². The summed E-state index contributed by atoms with van der Waals surface area (Å²) in [5.74, 6) is -0.00499. The lowest BCUT2D eigenvalue weighted by atomic mass is 10.1. The van der Waals surface area contributed by atoms with E-state index in [0.29, 0.717) is 6.54 Å². The molecule has 136 valence electrons. The molecule has 5 heteroatoms. The Morgan fingerprint density at radius 2 is 2.15 bits per heavy atom. The molecule has 1 saturated heterocycles. The second-order valence-electron chi connectivity index (χ2n) is 6.87. The van der Waals surface area contributed by atoms with E-state index in [1.165, 1.54) is 15.1 Å². The summed E-state index contributed by atoms with van der Waals surface area (Å²) < 4.78 is 8.96. The molecule has 1 N–H and O–H groups in total. The van der Waals surface area contributed by atoms with Gasteiger partial charge in [0.25, 0.3) is 5.91 Å². The molecule has 0 bridgehead atoms. The molecule has 26 heavy (non-hydrogen) atoms. The van der Waals surface area contributed by atoms with Crippen LogP contribution in [0.15, 0.2) is 42.5 Å². The van der Waals surface area contributed by atoms with Gasteiger partial charge in [0, 0.05) is 24.6 Å². The number of ether oxygens (including phenoxy) is 1. The molecular formula is C21H24N2O2S. The lowest BCUT2D eigenvalue weighted by molar-refractivity contribution is 0.0850. The molecule has 1 atom stereocenters. The van der Waals surface area contributed by atoms with Crippen molar-refractivity contribution in [3.8, 4) is 0 Å². The van der Waals surface area contributed by atoms with Crippen LogP contribution in [0.25, 0.3) is 10.2 Å². The van der Waals surface area contributed by atoms with Crippen molar-refractivity contribution in [3.63, 3.8) is 0 Å². The van der Waals surface area contributed by atoms with Crippen molar-refractivity contribution in [2.45, 2.75) is 38.8 Å². The lowest BCUT2D eigenvalue weighted by Gasteiger charge is -2.13. The summed E-state index contributed by atoms with van der Waals surface area (Å²) in [6.45, 7) is 4.31. The van der Waals surface area contributed by atoms with Crippen LogP contribution in [0.1, 0.15) is 33.8 Å². The summed E-state index contributed by atoms with van der Waals surface area (Å²) in [5.41, 5.74) is 3.19. The number of aryl methyl sites for hydroxylation is 3. The van der Waals surface area contributed by atoms with E-state index in [1.54, 1.807) is 11.3 Å². The largest absolute Gasteiger partial charge is 0.376 e. The number of carbonyl (C=O) groups is 1. The summed E-state index contributed by atoms with van der Waals surface area (Å²) >= 11 is 1.74. The van der Waals surface area contributed by atoms with E-state index in [9.17, 15) is 4.79 Å². The fourth-order valence-electron chi connectivity index (χ4n) is 3.58. The highest BCUT2D eigenvalue weighted by molar-refractivity contribution is 7.19. The predicted molar refractivity (Wildman–Crippen MR) is 106 cm³/mol. The van der Waals surface area contributed by atoms with Gasteiger partial charge in [0.15, 0.2) is 0 Å². The zero-order chi connectivity index (χ0) is 17.9. The van der Waals surface area contributed by atoms with Crippen LogP contribution < -0.4 is 5.32 Å². The van der Waals surface area contributed by atoms with E-state index >= 15 is 0 Å². The lowest BCUT2D eigenvalue weighted by Crippen LogP contribution is -2.33. The van der Waals surface area contributed by atoms with Crippen molar-refractivity contribution in [2.24, 2.45) is 0 Å². The van der Waals surface area contributed by atoms with Gasteiger partial charge in [-0.15, -0.1) is 11.3 Å². The molecule has 4 nitrogen and oxygen atoms in total. The Hall–Kier alpha value is -2.11. The number of nitrogens with one attached hydrogen (secondary N) is 1. The normalized spacial score (nSPS) is 17.0. The third-order valence-electron chi connectivity index (χ3n) is 4.93. The number of fused-ring (bicyclic) bond motifs is 1. The molecule has 0 aliphatic carbocycles. The van der Waals surface area contributed by atoms with E-state index in [1.807, 2.05) is 12.1 Å². The molecule has 2 aromatic heterocycles. The first-order chi connectivity index (χ1) is 12.7.